The highest BCUT2D eigenvalue weighted by molar-refractivity contribution is 5.85. The number of nitrogens with two attached hydrogens (primary N) is 1. The lowest BCUT2D eigenvalue weighted by atomic mass is 10.0. The molecule has 0 bridgehead atoms. The summed E-state index contributed by atoms with van der Waals surface area (Å²) < 4.78 is 5.32. The van der Waals surface area contributed by atoms with Crippen molar-refractivity contribution >= 4 is 24.0 Å². The van der Waals surface area contributed by atoms with Crippen molar-refractivity contribution < 1.29 is 14.5 Å². The average Bonchev–Trinajstić information content (AvgIpc) is 2.92. The van der Waals surface area contributed by atoms with Gasteiger partial charge in [-0.15, -0.1) is 12.4 Å². The van der Waals surface area contributed by atoms with E-state index in [0.29, 0.717) is 18.2 Å². The number of nitrogens with zero attached hydrogens (tertiary/aromatic N) is 1. The van der Waals surface area contributed by atoms with Crippen LogP contribution in [0.1, 0.15) is 19.3 Å². The molecule has 2 unspecified atom stereocenters. The molecule has 3 N–H and O–H groups in total. The van der Waals surface area contributed by atoms with Gasteiger partial charge in [0.1, 0.15) is 5.75 Å². The Kier molecular flexibility index (Phi) is 7.07. The van der Waals surface area contributed by atoms with Gasteiger partial charge in [-0.25, -0.2) is 0 Å². The van der Waals surface area contributed by atoms with Crippen molar-refractivity contribution in [1.29, 1.82) is 0 Å². The Balaban J connectivity index is 0.00000242. The number of nitro groups is 1. The zero-order valence-electron chi connectivity index (χ0n) is 12.1. The molecule has 0 aliphatic heterocycles. The van der Waals surface area contributed by atoms with Crippen molar-refractivity contribution in [3.63, 3.8) is 0 Å². The van der Waals surface area contributed by atoms with Crippen molar-refractivity contribution in [1.82, 2.24) is 5.32 Å². The molecule has 1 aromatic carbocycles. The summed E-state index contributed by atoms with van der Waals surface area (Å²) in [4.78, 5) is 21.9. The molecule has 1 aliphatic rings. The number of carbonyl (C=O) groups is 1. The molecule has 1 fully saturated rings. The molecule has 122 valence electrons. The van der Waals surface area contributed by atoms with Gasteiger partial charge in [0.25, 0.3) is 11.6 Å². The Labute approximate surface area is 134 Å². The molecule has 1 aromatic rings. The van der Waals surface area contributed by atoms with Gasteiger partial charge < -0.3 is 15.8 Å². The number of halogens is 1. The predicted molar refractivity (Wildman–Crippen MR) is 84.2 cm³/mol. The topological polar surface area (TPSA) is 107 Å². The molecular weight excluding hydrogens is 310 g/mol. The van der Waals surface area contributed by atoms with Crippen LogP contribution in [0.5, 0.6) is 5.75 Å². The molecule has 1 saturated carbocycles. The van der Waals surface area contributed by atoms with Gasteiger partial charge in [-0.1, -0.05) is 6.42 Å². The van der Waals surface area contributed by atoms with Crippen LogP contribution in [0.15, 0.2) is 24.3 Å². The monoisotopic (exact) mass is 329 g/mol. The Morgan fingerprint density at radius 2 is 2.05 bits per heavy atom. The number of hydrogen-bond acceptors (Lipinski definition) is 5. The van der Waals surface area contributed by atoms with E-state index in [1.807, 2.05) is 0 Å². The van der Waals surface area contributed by atoms with E-state index >= 15 is 0 Å². The number of non-ortho nitro benzene ring substituents is 1. The molecule has 1 aliphatic carbocycles. The first-order chi connectivity index (χ1) is 10.1. The molecule has 0 heterocycles. The second kappa shape index (κ2) is 8.55. The quantitative estimate of drug-likeness (QED) is 0.609. The van der Waals surface area contributed by atoms with Crippen LogP contribution >= 0.6 is 12.4 Å². The smallest absolute Gasteiger partial charge is 0.269 e. The lowest BCUT2D eigenvalue weighted by molar-refractivity contribution is -0.384. The minimum Gasteiger partial charge on any atom is -0.484 e. The van der Waals surface area contributed by atoms with Crippen LogP contribution in [0, 0.1) is 16.0 Å². The number of rotatable bonds is 6. The Hall–Kier alpha value is -1.86. The molecular formula is C14H20ClN3O4. The number of nitrogens with one attached hydrogen (secondary N) is 1. The van der Waals surface area contributed by atoms with Crippen LogP contribution in [0.3, 0.4) is 0 Å². The van der Waals surface area contributed by atoms with Gasteiger partial charge in [0.05, 0.1) is 4.92 Å². The summed E-state index contributed by atoms with van der Waals surface area (Å²) in [7, 11) is 0. The molecule has 1 amide bonds. The van der Waals surface area contributed by atoms with E-state index in [2.05, 4.69) is 5.32 Å². The van der Waals surface area contributed by atoms with Crippen LogP contribution in [0.4, 0.5) is 5.69 Å². The van der Waals surface area contributed by atoms with Gasteiger partial charge in [0.2, 0.25) is 0 Å². The van der Waals surface area contributed by atoms with Crippen molar-refractivity contribution in [2.75, 3.05) is 13.2 Å². The van der Waals surface area contributed by atoms with E-state index in [9.17, 15) is 14.9 Å². The molecule has 0 spiro atoms. The van der Waals surface area contributed by atoms with Crippen LogP contribution in [0.2, 0.25) is 0 Å². The van der Waals surface area contributed by atoms with Gasteiger partial charge in [0.15, 0.2) is 6.61 Å². The molecule has 2 atom stereocenters. The fourth-order valence-corrected chi connectivity index (χ4v) is 2.57. The first-order valence-electron chi connectivity index (χ1n) is 6.97. The number of amides is 1. The summed E-state index contributed by atoms with van der Waals surface area (Å²) in [6, 6.07) is 5.76. The van der Waals surface area contributed by atoms with Crippen molar-refractivity contribution in [3.8, 4) is 5.75 Å². The number of benzene rings is 1. The largest absolute Gasteiger partial charge is 0.484 e. The number of carbonyl (C=O) groups excluding carboxylic acids is 1. The van der Waals surface area contributed by atoms with Crippen LogP contribution < -0.4 is 15.8 Å². The van der Waals surface area contributed by atoms with Gasteiger partial charge in [-0.2, -0.15) is 0 Å². The van der Waals surface area contributed by atoms with Gasteiger partial charge >= 0.3 is 0 Å². The highest BCUT2D eigenvalue weighted by Gasteiger charge is 2.27. The fraction of sp³-hybridized carbons (Fsp3) is 0.500. The third kappa shape index (κ3) is 4.85. The van der Waals surface area contributed by atoms with E-state index in [1.165, 1.54) is 24.3 Å². The van der Waals surface area contributed by atoms with E-state index < -0.39 is 4.92 Å². The first-order valence-corrected chi connectivity index (χ1v) is 6.97. The van der Waals surface area contributed by atoms with E-state index in [4.69, 9.17) is 10.5 Å². The van der Waals surface area contributed by atoms with Gasteiger partial charge in [-0.05, 0) is 37.4 Å². The Morgan fingerprint density at radius 1 is 1.36 bits per heavy atom. The Bertz CT molecular complexity index is 509. The molecule has 22 heavy (non-hydrogen) atoms. The lowest BCUT2D eigenvalue weighted by Crippen LogP contribution is -2.42. The summed E-state index contributed by atoms with van der Waals surface area (Å²) in [6.45, 7) is 0.472. The fourth-order valence-electron chi connectivity index (χ4n) is 2.57. The van der Waals surface area contributed by atoms with E-state index in [-0.39, 0.29) is 36.7 Å². The molecule has 8 heteroatoms. The highest BCUT2D eigenvalue weighted by atomic mass is 35.5. The van der Waals surface area contributed by atoms with Gasteiger partial charge in [0, 0.05) is 18.2 Å². The van der Waals surface area contributed by atoms with Gasteiger partial charge in [-0.3, -0.25) is 14.9 Å². The van der Waals surface area contributed by atoms with Crippen LogP contribution in [-0.2, 0) is 4.79 Å². The maximum Gasteiger partial charge on any atom is 0.269 e. The van der Waals surface area contributed by atoms with Crippen LogP contribution in [-0.4, -0.2) is 30.0 Å². The summed E-state index contributed by atoms with van der Waals surface area (Å²) in [5.41, 5.74) is 5.66. The Morgan fingerprint density at radius 3 is 2.64 bits per heavy atom. The molecule has 0 saturated heterocycles. The number of hydrogen-bond donors (Lipinski definition) is 2. The summed E-state index contributed by atoms with van der Waals surface area (Å²) in [5.74, 6) is 0.574. The standard InChI is InChI=1S/C14H19N3O4.ClH/c15-8-10-2-1-3-13(10)16-14(18)9-21-12-6-4-11(5-7-12)17(19)20;/h4-7,10,13H,1-3,8-9,15H2,(H,16,18);1H. The molecule has 7 nitrogen and oxygen atoms in total. The first kappa shape index (κ1) is 18.2. The van der Waals surface area contributed by atoms with Crippen molar-refractivity contribution in [3.05, 3.63) is 34.4 Å². The summed E-state index contributed by atoms with van der Waals surface area (Å²) in [6.07, 6.45) is 3.08. The van der Waals surface area contributed by atoms with Crippen molar-refractivity contribution in [2.24, 2.45) is 11.7 Å². The summed E-state index contributed by atoms with van der Waals surface area (Å²) in [5, 5.41) is 13.4. The predicted octanol–water partition coefficient (Wildman–Crippen LogP) is 1.64. The zero-order chi connectivity index (χ0) is 15.2. The molecule has 0 aromatic heterocycles. The lowest BCUT2D eigenvalue weighted by Gasteiger charge is -2.19. The SMILES string of the molecule is Cl.NCC1CCCC1NC(=O)COc1ccc([N+](=O)[O-])cc1. The van der Waals surface area contributed by atoms with Crippen LogP contribution in [0.25, 0.3) is 0 Å². The second-order valence-electron chi connectivity index (χ2n) is 5.14. The average molecular weight is 330 g/mol. The molecule has 2 rings (SSSR count). The third-order valence-corrected chi connectivity index (χ3v) is 3.73. The maximum absolute atomic E-state index is 11.8. The minimum absolute atomic E-state index is 0. The zero-order valence-corrected chi connectivity index (χ0v) is 12.9. The van der Waals surface area contributed by atoms with E-state index in [0.717, 1.165) is 19.3 Å². The van der Waals surface area contributed by atoms with Crippen molar-refractivity contribution in [2.45, 2.75) is 25.3 Å². The normalized spacial score (nSPS) is 20.0. The number of nitro benzene ring substituents is 1. The maximum atomic E-state index is 11.8. The minimum atomic E-state index is -0.483. The molecule has 0 radical (unpaired) electrons. The van der Waals surface area contributed by atoms with E-state index in [1.54, 1.807) is 0 Å². The summed E-state index contributed by atoms with van der Waals surface area (Å²) >= 11 is 0. The highest BCUT2D eigenvalue weighted by Crippen LogP contribution is 2.24. The number of ether oxygens (including phenoxy) is 1. The second-order valence-corrected chi connectivity index (χ2v) is 5.14. The third-order valence-electron chi connectivity index (χ3n) is 3.73.